The molecule has 6 heteroatoms. The monoisotopic (exact) mass is 322 g/mol. The van der Waals surface area contributed by atoms with Gasteiger partial charge in [0.2, 0.25) is 0 Å². The number of nitrogens with one attached hydrogen (secondary N) is 2. The van der Waals surface area contributed by atoms with Gasteiger partial charge in [-0.3, -0.25) is 0 Å². The number of rotatable bonds is 4. The van der Waals surface area contributed by atoms with Gasteiger partial charge in [0.05, 0.1) is 12.8 Å². The number of hydrogen-bond donors (Lipinski definition) is 2. The summed E-state index contributed by atoms with van der Waals surface area (Å²) in [4.78, 5) is 11.9. The molecule has 116 valence electrons. The molecule has 0 heterocycles. The van der Waals surface area contributed by atoms with Crippen molar-refractivity contribution in [3.8, 4) is 5.75 Å². The van der Waals surface area contributed by atoms with Crippen LogP contribution in [-0.2, 0) is 6.54 Å². The van der Waals surface area contributed by atoms with Crippen molar-refractivity contribution < 1.29 is 13.9 Å². The van der Waals surface area contributed by atoms with Gasteiger partial charge in [0.25, 0.3) is 0 Å². The van der Waals surface area contributed by atoms with Crippen LogP contribution in [0.4, 0.5) is 14.9 Å². The Kier molecular flexibility index (Phi) is 5.22. The highest BCUT2D eigenvalue weighted by molar-refractivity contribution is 6.31. The molecule has 0 aliphatic carbocycles. The third kappa shape index (κ3) is 4.11. The molecule has 0 unspecified atom stereocenters. The molecule has 2 N–H and O–H groups in total. The molecular weight excluding hydrogens is 307 g/mol. The molecule has 0 aromatic heterocycles. The molecule has 2 aromatic carbocycles. The minimum absolute atomic E-state index is 0.221. The molecular formula is C16H16ClFN2O2. The van der Waals surface area contributed by atoms with Crippen LogP contribution in [0.25, 0.3) is 0 Å². The van der Waals surface area contributed by atoms with E-state index in [1.54, 1.807) is 24.3 Å². The second-order valence-corrected chi connectivity index (χ2v) is 5.16. The smallest absolute Gasteiger partial charge is 0.319 e. The highest BCUT2D eigenvalue weighted by atomic mass is 35.5. The molecule has 0 saturated carbocycles. The van der Waals surface area contributed by atoms with Crippen molar-refractivity contribution in [2.24, 2.45) is 0 Å². The van der Waals surface area contributed by atoms with E-state index >= 15 is 0 Å². The fourth-order valence-corrected chi connectivity index (χ4v) is 2.12. The first-order valence-electron chi connectivity index (χ1n) is 6.63. The maximum absolute atomic E-state index is 13.2. The number of aryl methyl sites for hydroxylation is 1. The maximum atomic E-state index is 13.2. The summed E-state index contributed by atoms with van der Waals surface area (Å²) in [7, 11) is 1.50. The number of benzene rings is 2. The molecule has 0 saturated heterocycles. The summed E-state index contributed by atoms with van der Waals surface area (Å²) >= 11 is 5.90. The van der Waals surface area contributed by atoms with Crippen LogP contribution in [0.15, 0.2) is 36.4 Å². The zero-order valence-electron chi connectivity index (χ0n) is 12.2. The number of ether oxygens (including phenoxy) is 1. The van der Waals surface area contributed by atoms with Gasteiger partial charge in [0, 0.05) is 11.6 Å². The maximum Gasteiger partial charge on any atom is 0.319 e. The standard InChI is InChI=1S/C16H16ClFN2O2/c1-10-3-5-13(18)7-11(10)9-19-16(21)20-14-8-12(17)4-6-15(14)22-2/h3-8H,9H2,1-2H3,(H2,19,20,21). The van der Waals surface area contributed by atoms with Gasteiger partial charge in [0.1, 0.15) is 11.6 Å². The Hall–Kier alpha value is -2.27. The molecule has 0 aliphatic heterocycles. The van der Waals surface area contributed by atoms with Gasteiger partial charge in [0.15, 0.2) is 0 Å². The van der Waals surface area contributed by atoms with E-state index in [4.69, 9.17) is 16.3 Å². The average molecular weight is 323 g/mol. The molecule has 0 aliphatic rings. The van der Waals surface area contributed by atoms with Gasteiger partial charge in [-0.15, -0.1) is 0 Å². The first-order chi connectivity index (χ1) is 10.5. The Morgan fingerprint density at radius 1 is 1.27 bits per heavy atom. The Morgan fingerprint density at radius 2 is 2.05 bits per heavy atom. The number of amides is 2. The van der Waals surface area contributed by atoms with Gasteiger partial charge in [-0.1, -0.05) is 17.7 Å². The highest BCUT2D eigenvalue weighted by Gasteiger charge is 2.09. The second-order valence-electron chi connectivity index (χ2n) is 4.72. The van der Waals surface area contributed by atoms with Gasteiger partial charge >= 0.3 is 6.03 Å². The van der Waals surface area contributed by atoms with E-state index in [1.807, 2.05) is 6.92 Å². The largest absolute Gasteiger partial charge is 0.495 e. The van der Waals surface area contributed by atoms with Crippen molar-refractivity contribution in [3.63, 3.8) is 0 Å². The molecule has 22 heavy (non-hydrogen) atoms. The SMILES string of the molecule is COc1ccc(Cl)cc1NC(=O)NCc1cc(F)ccc1C. The minimum atomic E-state index is -0.427. The zero-order valence-corrected chi connectivity index (χ0v) is 13.0. The molecule has 2 amide bonds. The third-order valence-corrected chi connectivity index (χ3v) is 3.40. The fourth-order valence-electron chi connectivity index (χ4n) is 1.95. The van der Waals surface area contributed by atoms with Gasteiger partial charge in [-0.25, -0.2) is 9.18 Å². The Labute approximate surface area is 133 Å². The fraction of sp³-hybridized carbons (Fsp3) is 0.188. The van der Waals surface area contributed by atoms with Crippen molar-refractivity contribution >= 4 is 23.3 Å². The lowest BCUT2D eigenvalue weighted by Gasteiger charge is -2.12. The first kappa shape index (κ1) is 16.1. The lowest BCUT2D eigenvalue weighted by atomic mass is 10.1. The number of methoxy groups -OCH3 is 1. The van der Waals surface area contributed by atoms with Crippen LogP contribution in [0.5, 0.6) is 5.75 Å². The second kappa shape index (κ2) is 7.13. The number of carbonyl (C=O) groups excluding carboxylic acids is 1. The van der Waals surface area contributed by atoms with E-state index in [-0.39, 0.29) is 12.4 Å². The van der Waals surface area contributed by atoms with Crippen molar-refractivity contribution in [2.75, 3.05) is 12.4 Å². The minimum Gasteiger partial charge on any atom is -0.495 e. The van der Waals surface area contributed by atoms with E-state index < -0.39 is 6.03 Å². The number of hydrogen-bond acceptors (Lipinski definition) is 2. The Bertz CT molecular complexity index is 692. The van der Waals surface area contributed by atoms with Crippen LogP contribution in [-0.4, -0.2) is 13.1 Å². The van der Waals surface area contributed by atoms with E-state index in [2.05, 4.69) is 10.6 Å². The van der Waals surface area contributed by atoms with E-state index in [0.717, 1.165) is 5.56 Å². The summed E-state index contributed by atoms with van der Waals surface area (Å²) < 4.78 is 18.4. The Balaban J connectivity index is 2.01. The van der Waals surface area contributed by atoms with Crippen LogP contribution in [0.2, 0.25) is 5.02 Å². The molecule has 4 nitrogen and oxygen atoms in total. The van der Waals surface area contributed by atoms with Crippen molar-refractivity contribution in [1.82, 2.24) is 5.32 Å². The quantitative estimate of drug-likeness (QED) is 0.889. The van der Waals surface area contributed by atoms with E-state index in [9.17, 15) is 9.18 Å². The predicted molar refractivity (Wildman–Crippen MR) is 85.0 cm³/mol. The van der Waals surface area contributed by atoms with Crippen molar-refractivity contribution in [2.45, 2.75) is 13.5 Å². The molecule has 2 rings (SSSR count). The molecule has 0 fully saturated rings. The lowest BCUT2D eigenvalue weighted by Crippen LogP contribution is -2.28. The van der Waals surface area contributed by atoms with E-state index in [0.29, 0.717) is 22.0 Å². The summed E-state index contributed by atoms with van der Waals surface area (Å²) in [5.74, 6) is 0.167. The summed E-state index contributed by atoms with van der Waals surface area (Å²) in [6, 6.07) is 8.95. The van der Waals surface area contributed by atoms with Crippen molar-refractivity contribution in [3.05, 3.63) is 58.4 Å². The van der Waals surface area contributed by atoms with Crippen molar-refractivity contribution in [1.29, 1.82) is 0 Å². The summed E-state index contributed by atoms with van der Waals surface area (Å²) in [6.45, 7) is 2.08. The van der Waals surface area contributed by atoms with Gasteiger partial charge in [-0.05, 0) is 48.4 Å². The van der Waals surface area contributed by atoms with Crippen LogP contribution >= 0.6 is 11.6 Å². The zero-order chi connectivity index (χ0) is 16.1. The lowest BCUT2D eigenvalue weighted by molar-refractivity contribution is 0.251. The molecule has 0 bridgehead atoms. The molecule has 0 atom stereocenters. The molecule has 0 spiro atoms. The van der Waals surface area contributed by atoms with Gasteiger partial charge < -0.3 is 15.4 Å². The summed E-state index contributed by atoms with van der Waals surface area (Å²) in [5.41, 5.74) is 2.08. The highest BCUT2D eigenvalue weighted by Crippen LogP contribution is 2.27. The first-order valence-corrected chi connectivity index (χ1v) is 7.01. The number of halogens is 2. The predicted octanol–water partition coefficient (Wildman–Crippen LogP) is 4.12. The summed E-state index contributed by atoms with van der Waals surface area (Å²) in [6.07, 6.45) is 0. The van der Waals surface area contributed by atoms with Crippen LogP contribution in [0, 0.1) is 12.7 Å². The topological polar surface area (TPSA) is 50.4 Å². The molecule has 2 aromatic rings. The number of anilines is 1. The number of carbonyl (C=O) groups is 1. The van der Waals surface area contributed by atoms with Gasteiger partial charge in [-0.2, -0.15) is 0 Å². The number of urea groups is 1. The Morgan fingerprint density at radius 3 is 2.77 bits per heavy atom. The normalized spacial score (nSPS) is 10.2. The average Bonchev–Trinajstić information content (AvgIpc) is 2.48. The van der Waals surface area contributed by atoms with Crippen LogP contribution in [0.1, 0.15) is 11.1 Å². The van der Waals surface area contributed by atoms with Crippen LogP contribution in [0.3, 0.4) is 0 Å². The van der Waals surface area contributed by atoms with Crippen LogP contribution < -0.4 is 15.4 Å². The molecule has 0 radical (unpaired) electrons. The van der Waals surface area contributed by atoms with E-state index in [1.165, 1.54) is 19.2 Å². The summed E-state index contributed by atoms with van der Waals surface area (Å²) in [5, 5.41) is 5.81. The third-order valence-electron chi connectivity index (χ3n) is 3.16.